The van der Waals surface area contributed by atoms with Crippen LogP contribution in [0, 0.1) is 5.92 Å². The number of amides is 1. The summed E-state index contributed by atoms with van der Waals surface area (Å²) in [6.45, 7) is 5.18. The smallest absolute Gasteiger partial charge is 0.239 e. The molecule has 1 amide bonds. The van der Waals surface area contributed by atoms with Crippen LogP contribution < -0.4 is 10.6 Å². The third-order valence-corrected chi connectivity index (χ3v) is 6.53. The van der Waals surface area contributed by atoms with Crippen molar-refractivity contribution in [2.75, 3.05) is 24.7 Å². The molecule has 1 heterocycles. The normalized spacial score (nSPS) is 15.6. The van der Waals surface area contributed by atoms with Crippen LogP contribution in [0.1, 0.15) is 36.6 Å². The van der Waals surface area contributed by atoms with E-state index in [-0.39, 0.29) is 24.4 Å². The summed E-state index contributed by atoms with van der Waals surface area (Å²) < 4.78 is 25.1. The SMILES string of the molecule is CC(C)C(NC(=O)CNc1cccc2c1CCN(S(C)(=O)=O)C2)c1ccccc1. The van der Waals surface area contributed by atoms with E-state index in [0.29, 0.717) is 19.5 Å². The summed E-state index contributed by atoms with van der Waals surface area (Å²) in [6, 6.07) is 15.7. The number of anilines is 1. The van der Waals surface area contributed by atoms with Gasteiger partial charge in [-0.15, -0.1) is 0 Å². The summed E-state index contributed by atoms with van der Waals surface area (Å²) in [5, 5.41) is 6.36. The van der Waals surface area contributed by atoms with E-state index in [9.17, 15) is 13.2 Å². The second-order valence-electron chi connectivity index (χ2n) is 7.84. The fraction of sp³-hybridized carbons (Fsp3) is 0.409. The monoisotopic (exact) mass is 415 g/mol. The molecule has 1 aliphatic rings. The Balaban J connectivity index is 1.65. The van der Waals surface area contributed by atoms with Gasteiger partial charge in [-0.1, -0.05) is 56.3 Å². The van der Waals surface area contributed by atoms with Gasteiger partial charge in [-0.3, -0.25) is 4.79 Å². The van der Waals surface area contributed by atoms with Crippen molar-refractivity contribution < 1.29 is 13.2 Å². The van der Waals surface area contributed by atoms with Crippen molar-refractivity contribution in [1.29, 1.82) is 0 Å². The van der Waals surface area contributed by atoms with Crippen LogP contribution in [0.25, 0.3) is 0 Å². The third kappa shape index (κ3) is 5.36. The van der Waals surface area contributed by atoms with Crippen LogP contribution in [0.5, 0.6) is 0 Å². The lowest BCUT2D eigenvalue weighted by Crippen LogP contribution is -2.37. The Hall–Kier alpha value is -2.38. The van der Waals surface area contributed by atoms with Crippen LogP contribution in [0.4, 0.5) is 5.69 Å². The van der Waals surface area contributed by atoms with E-state index in [1.165, 1.54) is 10.6 Å². The lowest BCUT2D eigenvalue weighted by Gasteiger charge is -2.28. The zero-order chi connectivity index (χ0) is 21.0. The average molecular weight is 416 g/mol. The van der Waals surface area contributed by atoms with Gasteiger partial charge < -0.3 is 10.6 Å². The Morgan fingerprint density at radius 2 is 1.83 bits per heavy atom. The van der Waals surface area contributed by atoms with Gasteiger partial charge >= 0.3 is 0 Å². The van der Waals surface area contributed by atoms with E-state index in [2.05, 4.69) is 24.5 Å². The molecule has 0 aromatic heterocycles. The van der Waals surface area contributed by atoms with E-state index in [0.717, 1.165) is 22.4 Å². The second-order valence-corrected chi connectivity index (χ2v) is 9.83. The minimum atomic E-state index is -3.21. The highest BCUT2D eigenvalue weighted by molar-refractivity contribution is 7.88. The highest BCUT2D eigenvalue weighted by atomic mass is 32.2. The van der Waals surface area contributed by atoms with Crippen LogP contribution in [-0.4, -0.2) is 38.0 Å². The topological polar surface area (TPSA) is 78.5 Å². The molecule has 7 heteroatoms. The summed E-state index contributed by atoms with van der Waals surface area (Å²) in [5.41, 5.74) is 4.06. The highest BCUT2D eigenvalue weighted by Crippen LogP contribution is 2.27. The van der Waals surface area contributed by atoms with Crippen LogP contribution in [0.2, 0.25) is 0 Å². The van der Waals surface area contributed by atoms with E-state index >= 15 is 0 Å². The predicted octanol–water partition coefficient (Wildman–Crippen LogP) is 2.93. The molecule has 6 nitrogen and oxygen atoms in total. The third-order valence-electron chi connectivity index (χ3n) is 5.28. The zero-order valence-corrected chi connectivity index (χ0v) is 18.0. The van der Waals surface area contributed by atoms with Gasteiger partial charge in [0.25, 0.3) is 0 Å². The van der Waals surface area contributed by atoms with Gasteiger partial charge in [-0.05, 0) is 35.1 Å². The van der Waals surface area contributed by atoms with Crippen LogP contribution in [-0.2, 0) is 27.8 Å². The van der Waals surface area contributed by atoms with Crippen molar-refractivity contribution in [3.05, 3.63) is 65.2 Å². The number of sulfonamides is 1. The van der Waals surface area contributed by atoms with E-state index in [1.807, 2.05) is 48.5 Å². The molecule has 0 fully saturated rings. The summed E-state index contributed by atoms with van der Waals surface area (Å²) in [7, 11) is -3.21. The fourth-order valence-electron chi connectivity index (χ4n) is 3.73. The first-order valence-corrected chi connectivity index (χ1v) is 11.7. The Morgan fingerprint density at radius 1 is 1.10 bits per heavy atom. The molecular formula is C22H29N3O3S. The highest BCUT2D eigenvalue weighted by Gasteiger charge is 2.25. The maximum atomic E-state index is 12.6. The van der Waals surface area contributed by atoms with Gasteiger partial charge in [0.15, 0.2) is 0 Å². The minimum Gasteiger partial charge on any atom is -0.376 e. The van der Waals surface area contributed by atoms with Gasteiger partial charge in [-0.2, -0.15) is 4.31 Å². The molecule has 1 unspecified atom stereocenters. The van der Waals surface area contributed by atoms with Gasteiger partial charge in [0.05, 0.1) is 18.8 Å². The Kier molecular flexibility index (Phi) is 6.59. The Bertz CT molecular complexity index is 959. The first-order valence-electron chi connectivity index (χ1n) is 9.90. The molecule has 1 aliphatic heterocycles. The number of fused-ring (bicyclic) bond motifs is 1. The molecule has 0 radical (unpaired) electrons. The maximum Gasteiger partial charge on any atom is 0.239 e. The number of hydrogen-bond donors (Lipinski definition) is 2. The molecule has 2 aromatic carbocycles. The Morgan fingerprint density at radius 3 is 2.48 bits per heavy atom. The van der Waals surface area contributed by atoms with Gasteiger partial charge in [0.1, 0.15) is 0 Å². The van der Waals surface area contributed by atoms with E-state index in [1.54, 1.807) is 0 Å². The molecule has 2 N–H and O–H groups in total. The quantitative estimate of drug-likeness (QED) is 0.729. The number of nitrogens with one attached hydrogen (secondary N) is 2. The fourth-order valence-corrected chi connectivity index (χ4v) is 4.52. The summed E-state index contributed by atoms with van der Waals surface area (Å²) in [6.07, 6.45) is 1.87. The van der Waals surface area contributed by atoms with Crippen molar-refractivity contribution in [2.24, 2.45) is 5.92 Å². The number of rotatable bonds is 7. The second kappa shape index (κ2) is 8.97. The lowest BCUT2D eigenvalue weighted by atomic mass is 9.96. The number of carbonyl (C=O) groups excluding carboxylic acids is 1. The van der Waals surface area contributed by atoms with Gasteiger partial charge in [0.2, 0.25) is 15.9 Å². The number of carbonyl (C=O) groups is 1. The van der Waals surface area contributed by atoms with Crippen molar-refractivity contribution in [3.63, 3.8) is 0 Å². The number of benzene rings is 2. The average Bonchev–Trinajstić information content (AvgIpc) is 2.69. The lowest BCUT2D eigenvalue weighted by molar-refractivity contribution is -0.120. The number of nitrogens with zero attached hydrogens (tertiary/aromatic N) is 1. The molecular weight excluding hydrogens is 386 g/mol. The predicted molar refractivity (Wildman–Crippen MR) is 116 cm³/mol. The minimum absolute atomic E-state index is 0.0430. The van der Waals surface area contributed by atoms with Crippen molar-refractivity contribution >= 4 is 21.6 Å². The molecule has 0 bridgehead atoms. The zero-order valence-electron chi connectivity index (χ0n) is 17.2. The molecule has 2 aromatic rings. The molecule has 156 valence electrons. The summed E-state index contributed by atoms with van der Waals surface area (Å²) >= 11 is 0. The van der Waals surface area contributed by atoms with E-state index < -0.39 is 10.0 Å². The summed E-state index contributed by atoms with van der Waals surface area (Å²) in [5.74, 6) is 0.200. The van der Waals surface area contributed by atoms with Crippen LogP contribution in [0.3, 0.4) is 0 Å². The molecule has 0 aliphatic carbocycles. The van der Waals surface area contributed by atoms with Crippen LogP contribution in [0.15, 0.2) is 48.5 Å². The van der Waals surface area contributed by atoms with Crippen molar-refractivity contribution in [2.45, 2.75) is 32.9 Å². The van der Waals surface area contributed by atoms with Crippen LogP contribution >= 0.6 is 0 Å². The summed E-state index contributed by atoms with van der Waals surface area (Å²) in [4.78, 5) is 12.6. The largest absolute Gasteiger partial charge is 0.376 e. The molecule has 1 atom stereocenters. The molecule has 29 heavy (non-hydrogen) atoms. The molecule has 0 spiro atoms. The molecule has 3 rings (SSSR count). The maximum absolute atomic E-state index is 12.6. The van der Waals surface area contributed by atoms with Crippen molar-refractivity contribution in [3.8, 4) is 0 Å². The van der Waals surface area contributed by atoms with Gasteiger partial charge in [-0.25, -0.2) is 8.42 Å². The van der Waals surface area contributed by atoms with Crippen molar-refractivity contribution in [1.82, 2.24) is 9.62 Å². The Labute approximate surface area is 173 Å². The van der Waals surface area contributed by atoms with E-state index in [4.69, 9.17) is 0 Å². The van der Waals surface area contributed by atoms with Gasteiger partial charge in [0, 0.05) is 18.8 Å². The number of hydrogen-bond acceptors (Lipinski definition) is 4. The first-order chi connectivity index (χ1) is 13.8. The first kappa shape index (κ1) is 21.3. The molecule has 0 saturated heterocycles. The molecule has 0 saturated carbocycles. The standard InChI is InChI=1S/C22H29N3O3S/c1-16(2)22(17-8-5-4-6-9-17)24-21(26)14-23-20-11-7-10-18-15-25(29(3,27)28)13-12-19(18)20/h4-11,16,22-23H,12-15H2,1-3H3,(H,24,26).